The maximum absolute atomic E-state index is 6.07. The molecule has 1 atom stereocenters. The van der Waals surface area contributed by atoms with Gasteiger partial charge in [-0.05, 0) is 80.4 Å². The molecule has 3 heteroatoms. The van der Waals surface area contributed by atoms with E-state index in [1.807, 2.05) is 0 Å². The van der Waals surface area contributed by atoms with Gasteiger partial charge in [-0.25, -0.2) is 0 Å². The summed E-state index contributed by atoms with van der Waals surface area (Å²) in [7, 11) is 0. The van der Waals surface area contributed by atoms with Gasteiger partial charge in [0.2, 0.25) is 0 Å². The van der Waals surface area contributed by atoms with Gasteiger partial charge in [0, 0.05) is 25.3 Å². The molecular weight excluding hydrogens is 356 g/mol. The maximum Gasteiger partial charge on any atom is 0.119 e. The molecule has 2 aliphatic heterocycles. The van der Waals surface area contributed by atoms with E-state index in [1.54, 1.807) is 0 Å². The molecule has 0 radical (unpaired) electrons. The summed E-state index contributed by atoms with van der Waals surface area (Å²) in [6.45, 7) is 9.16. The van der Waals surface area contributed by atoms with E-state index < -0.39 is 0 Å². The zero-order valence-corrected chi connectivity index (χ0v) is 18.0. The summed E-state index contributed by atoms with van der Waals surface area (Å²) in [6, 6.07) is 17.6. The van der Waals surface area contributed by atoms with Gasteiger partial charge in [-0.3, -0.25) is 0 Å². The number of hydrogen-bond acceptors (Lipinski definition) is 3. The van der Waals surface area contributed by atoms with Crippen LogP contribution in [0.2, 0.25) is 0 Å². The largest absolute Gasteiger partial charge is 0.494 e. The van der Waals surface area contributed by atoms with E-state index >= 15 is 0 Å². The number of anilines is 1. The predicted octanol–water partition coefficient (Wildman–Crippen LogP) is 5.50. The Morgan fingerprint density at radius 3 is 2.59 bits per heavy atom. The summed E-state index contributed by atoms with van der Waals surface area (Å²) in [5.74, 6) is 1.64. The lowest BCUT2D eigenvalue weighted by atomic mass is 9.98. The molecule has 2 aromatic rings. The molecule has 1 saturated heterocycles. The van der Waals surface area contributed by atoms with Crippen molar-refractivity contribution in [3.8, 4) is 5.75 Å². The zero-order chi connectivity index (χ0) is 19.9. The number of piperidine rings is 1. The summed E-state index contributed by atoms with van der Waals surface area (Å²) in [5.41, 5.74) is 4.30. The Labute approximate surface area is 176 Å². The first-order chi connectivity index (χ1) is 14.3. The van der Waals surface area contributed by atoms with E-state index in [4.69, 9.17) is 4.74 Å². The Hall–Kier alpha value is -2.00. The van der Waals surface area contributed by atoms with E-state index in [0.29, 0.717) is 5.92 Å². The number of ether oxygens (including phenoxy) is 1. The lowest BCUT2D eigenvalue weighted by Crippen LogP contribution is -2.31. The fourth-order valence-electron chi connectivity index (χ4n) is 4.73. The lowest BCUT2D eigenvalue weighted by molar-refractivity contribution is 0.205. The molecule has 156 valence electrons. The van der Waals surface area contributed by atoms with Gasteiger partial charge in [0.05, 0.1) is 6.61 Å². The molecule has 2 aromatic carbocycles. The van der Waals surface area contributed by atoms with Crippen molar-refractivity contribution in [3.63, 3.8) is 0 Å². The number of nitrogens with zero attached hydrogens (tertiary/aromatic N) is 2. The first kappa shape index (κ1) is 20.3. The molecule has 2 heterocycles. The average Bonchev–Trinajstić information content (AvgIpc) is 3.18. The van der Waals surface area contributed by atoms with E-state index in [1.165, 1.54) is 62.1 Å². The van der Waals surface area contributed by atoms with E-state index in [9.17, 15) is 0 Å². The first-order valence-corrected chi connectivity index (χ1v) is 11.6. The van der Waals surface area contributed by atoms with Crippen LogP contribution >= 0.6 is 0 Å². The van der Waals surface area contributed by atoms with Crippen LogP contribution in [0.3, 0.4) is 0 Å². The molecule has 0 bridgehead atoms. The second kappa shape index (κ2) is 10.2. The second-order valence-electron chi connectivity index (χ2n) is 8.73. The molecule has 4 rings (SSSR count). The minimum absolute atomic E-state index is 0.600. The predicted molar refractivity (Wildman–Crippen MR) is 122 cm³/mol. The standard InChI is InChI=1S/C26H36N2O/c1-22(23-9-4-2-5-10-23)13-18-28-19-14-24-21-25(11-12-26(24)28)29-20-8-17-27-15-6-3-7-16-27/h2,4-5,9-12,21-22H,3,6-8,13-20H2,1H3. The van der Waals surface area contributed by atoms with Crippen molar-refractivity contribution in [2.75, 3.05) is 44.2 Å². The van der Waals surface area contributed by atoms with Gasteiger partial charge in [0.15, 0.2) is 0 Å². The lowest BCUT2D eigenvalue weighted by Gasteiger charge is -2.26. The Kier molecular flexibility index (Phi) is 7.10. The smallest absolute Gasteiger partial charge is 0.119 e. The van der Waals surface area contributed by atoms with Gasteiger partial charge in [0.1, 0.15) is 5.75 Å². The van der Waals surface area contributed by atoms with Crippen molar-refractivity contribution in [2.45, 2.75) is 51.4 Å². The van der Waals surface area contributed by atoms with E-state index in [2.05, 4.69) is 65.3 Å². The summed E-state index contributed by atoms with van der Waals surface area (Å²) in [4.78, 5) is 5.14. The van der Waals surface area contributed by atoms with Gasteiger partial charge in [0.25, 0.3) is 0 Å². The monoisotopic (exact) mass is 392 g/mol. The highest BCUT2D eigenvalue weighted by Gasteiger charge is 2.20. The first-order valence-electron chi connectivity index (χ1n) is 11.6. The Bertz CT molecular complexity index is 755. The van der Waals surface area contributed by atoms with Gasteiger partial charge in [-0.2, -0.15) is 0 Å². The number of hydrogen-bond donors (Lipinski definition) is 0. The quantitative estimate of drug-likeness (QED) is 0.524. The van der Waals surface area contributed by atoms with Gasteiger partial charge in [-0.15, -0.1) is 0 Å². The molecule has 3 nitrogen and oxygen atoms in total. The second-order valence-corrected chi connectivity index (χ2v) is 8.73. The molecule has 1 unspecified atom stereocenters. The number of likely N-dealkylation sites (tertiary alicyclic amines) is 1. The molecule has 0 spiro atoms. The van der Waals surface area contributed by atoms with Gasteiger partial charge in [-0.1, -0.05) is 43.7 Å². The molecule has 0 N–H and O–H groups in total. The van der Waals surface area contributed by atoms with Crippen molar-refractivity contribution in [1.82, 2.24) is 4.90 Å². The summed E-state index contributed by atoms with van der Waals surface area (Å²) < 4.78 is 6.07. The third-order valence-electron chi connectivity index (χ3n) is 6.58. The van der Waals surface area contributed by atoms with Crippen LogP contribution in [0.4, 0.5) is 5.69 Å². The fraction of sp³-hybridized carbons (Fsp3) is 0.538. The molecular formula is C26H36N2O. The highest BCUT2D eigenvalue weighted by Crippen LogP contribution is 2.32. The number of fused-ring (bicyclic) bond motifs is 1. The average molecular weight is 393 g/mol. The third-order valence-corrected chi connectivity index (χ3v) is 6.58. The molecule has 2 aliphatic rings. The molecule has 0 aromatic heterocycles. The summed E-state index contributed by atoms with van der Waals surface area (Å²) in [6.07, 6.45) is 7.60. The van der Waals surface area contributed by atoms with Crippen molar-refractivity contribution in [1.29, 1.82) is 0 Å². The van der Waals surface area contributed by atoms with Crippen molar-refractivity contribution < 1.29 is 4.74 Å². The van der Waals surface area contributed by atoms with Gasteiger partial charge >= 0.3 is 0 Å². The van der Waals surface area contributed by atoms with Crippen LogP contribution < -0.4 is 9.64 Å². The van der Waals surface area contributed by atoms with Crippen molar-refractivity contribution in [3.05, 3.63) is 59.7 Å². The fourth-order valence-corrected chi connectivity index (χ4v) is 4.73. The summed E-state index contributed by atoms with van der Waals surface area (Å²) in [5, 5.41) is 0. The van der Waals surface area contributed by atoms with E-state index in [-0.39, 0.29) is 0 Å². The van der Waals surface area contributed by atoms with E-state index in [0.717, 1.165) is 38.3 Å². The Morgan fingerprint density at radius 1 is 0.931 bits per heavy atom. The van der Waals surface area contributed by atoms with Crippen LogP contribution in [0.15, 0.2) is 48.5 Å². The maximum atomic E-state index is 6.07. The normalized spacial score (nSPS) is 17.9. The number of rotatable bonds is 9. The minimum Gasteiger partial charge on any atom is -0.494 e. The zero-order valence-electron chi connectivity index (χ0n) is 18.0. The Balaban J connectivity index is 1.23. The molecule has 0 saturated carbocycles. The molecule has 0 amide bonds. The van der Waals surface area contributed by atoms with Crippen molar-refractivity contribution >= 4 is 5.69 Å². The third kappa shape index (κ3) is 5.54. The molecule has 29 heavy (non-hydrogen) atoms. The number of benzene rings is 2. The van der Waals surface area contributed by atoms with Crippen molar-refractivity contribution in [2.24, 2.45) is 0 Å². The SMILES string of the molecule is CC(CCN1CCc2cc(OCCCN3CCCCC3)ccc21)c1ccccc1. The molecule has 0 aliphatic carbocycles. The molecule has 1 fully saturated rings. The topological polar surface area (TPSA) is 15.7 Å². The van der Waals surface area contributed by atoms with Crippen LogP contribution in [0.25, 0.3) is 0 Å². The van der Waals surface area contributed by atoms with Crippen LogP contribution in [-0.2, 0) is 6.42 Å². The highest BCUT2D eigenvalue weighted by molar-refractivity contribution is 5.60. The highest BCUT2D eigenvalue weighted by atomic mass is 16.5. The van der Waals surface area contributed by atoms with Gasteiger partial charge < -0.3 is 14.5 Å². The van der Waals surface area contributed by atoms with Crippen LogP contribution in [0, 0.1) is 0 Å². The summed E-state index contributed by atoms with van der Waals surface area (Å²) >= 11 is 0. The van der Waals surface area contributed by atoms with Crippen LogP contribution in [0.5, 0.6) is 5.75 Å². The Morgan fingerprint density at radius 2 is 1.76 bits per heavy atom. The van der Waals surface area contributed by atoms with Crippen LogP contribution in [-0.4, -0.2) is 44.2 Å². The van der Waals surface area contributed by atoms with Crippen LogP contribution in [0.1, 0.15) is 56.1 Å². The minimum atomic E-state index is 0.600.